The Morgan fingerprint density at radius 2 is 1.77 bits per heavy atom. The van der Waals surface area contributed by atoms with Crippen LogP contribution in [0.3, 0.4) is 0 Å². The number of nitrogens with zero attached hydrogens (tertiary/aromatic N) is 4. The Balaban J connectivity index is 1.34. The molecule has 0 atom stereocenters. The first kappa shape index (κ1) is 21.1. The van der Waals surface area contributed by atoms with Gasteiger partial charge in [-0.3, -0.25) is 14.2 Å². The molecule has 6 nitrogen and oxygen atoms in total. The number of aryl methyl sites for hydroxylation is 3. The standard InChI is InChI=1S/C24H24BrN5O/c1-17-23(25)18(2)30(28-17)15-20-8-10-21(11-9-20)24(31)27-22-14-26-29(16-22)13-12-19-6-4-3-5-7-19/h3-11,14,16H,12-13,15H2,1-2H3,(H,27,31). The number of amides is 1. The second kappa shape index (κ2) is 9.31. The van der Waals surface area contributed by atoms with Crippen molar-refractivity contribution in [2.45, 2.75) is 33.4 Å². The molecule has 7 heteroatoms. The van der Waals surface area contributed by atoms with Gasteiger partial charge in [-0.05, 0) is 59.5 Å². The lowest BCUT2D eigenvalue weighted by Crippen LogP contribution is -2.12. The highest BCUT2D eigenvalue weighted by Gasteiger charge is 2.11. The van der Waals surface area contributed by atoms with Crippen molar-refractivity contribution in [3.63, 3.8) is 0 Å². The molecule has 1 amide bonds. The Kier molecular flexibility index (Phi) is 6.32. The largest absolute Gasteiger partial charge is 0.319 e. The summed E-state index contributed by atoms with van der Waals surface area (Å²) in [5.41, 5.74) is 5.70. The van der Waals surface area contributed by atoms with E-state index < -0.39 is 0 Å². The number of benzene rings is 2. The molecule has 0 radical (unpaired) electrons. The van der Waals surface area contributed by atoms with Crippen LogP contribution in [0.15, 0.2) is 71.5 Å². The predicted molar refractivity (Wildman–Crippen MR) is 125 cm³/mol. The van der Waals surface area contributed by atoms with E-state index in [0.717, 1.165) is 34.4 Å². The first-order valence-corrected chi connectivity index (χ1v) is 10.9. The van der Waals surface area contributed by atoms with Crippen LogP contribution in [0.2, 0.25) is 0 Å². The summed E-state index contributed by atoms with van der Waals surface area (Å²) in [4.78, 5) is 12.6. The molecule has 0 unspecified atom stereocenters. The molecule has 4 aromatic rings. The van der Waals surface area contributed by atoms with Gasteiger partial charge in [-0.25, -0.2) is 0 Å². The highest BCUT2D eigenvalue weighted by molar-refractivity contribution is 9.10. The minimum Gasteiger partial charge on any atom is -0.319 e. The maximum absolute atomic E-state index is 12.6. The molecule has 2 heterocycles. The Morgan fingerprint density at radius 1 is 1.03 bits per heavy atom. The van der Waals surface area contributed by atoms with Gasteiger partial charge in [0.2, 0.25) is 0 Å². The SMILES string of the molecule is Cc1nn(Cc2ccc(C(=O)Nc3cnn(CCc4ccccc4)c3)cc2)c(C)c1Br. The number of halogens is 1. The van der Waals surface area contributed by atoms with Crippen LogP contribution in [-0.4, -0.2) is 25.5 Å². The quantitative estimate of drug-likeness (QED) is 0.407. The molecule has 0 fully saturated rings. The van der Waals surface area contributed by atoms with Gasteiger partial charge in [0.15, 0.2) is 0 Å². The number of nitrogens with one attached hydrogen (secondary N) is 1. The first-order chi connectivity index (χ1) is 15.0. The summed E-state index contributed by atoms with van der Waals surface area (Å²) < 4.78 is 4.84. The van der Waals surface area contributed by atoms with Crippen molar-refractivity contribution in [3.05, 3.63) is 99.5 Å². The fraction of sp³-hybridized carbons (Fsp3) is 0.208. The fourth-order valence-electron chi connectivity index (χ4n) is 3.41. The Hall–Kier alpha value is -3.19. The molecule has 0 aliphatic heterocycles. The van der Waals surface area contributed by atoms with E-state index in [-0.39, 0.29) is 5.91 Å². The molecular formula is C24H24BrN5O. The topological polar surface area (TPSA) is 64.7 Å². The maximum Gasteiger partial charge on any atom is 0.255 e. The smallest absolute Gasteiger partial charge is 0.255 e. The Morgan fingerprint density at radius 3 is 2.45 bits per heavy atom. The van der Waals surface area contributed by atoms with Crippen molar-refractivity contribution < 1.29 is 4.79 Å². The Labute approximate surface area is 190 Å². The summed E-state index contributed by atoms with van der Waals surface area (Å²) in [6.45, 7) is 5.43. The molecule has 158 valence electrons. The average molecular weight is 478 g/mol. The maximum atomic E-state index is 12.6. The monoisotopic (exact) mass is 477 g/mol. The first-order valence-electron chi connectivity index (χ1n) is 10.2. The van der Waals surface area contributed by atoms with Crippen molar-refractivity contribution in [2.75, 3.05) is 5.32 Å². The number of carbonyl (C=O) groups is 1. The van der Waals surface area contributed by atoms with Gasteiger partial charge in [0, 0.05) is 18.3 Å². The van der Waals surface area contributed by atoms with E-state index in [1.165, 1.54) is 5.56 Å². The molecule has 0 saturated heterocycles. The van der Waals surface area contributed by atoms with Crippen molar-refractivity contribution in [1.29, 1.82) is 0 Å². The van der Waals surface area contributed by atoms with Crippen molar-refractivity contribution >= 4 is 27.5 Å². The molecule has 0 aliphatic rings. The highest BCUT2D eigenvalue weighted by atomic mass is 79.9. The normalized spacial score (nSPS) is 10.9. The van der Waals surface area contributed by atoms with Crippen LogP contribution in [0.4, 0.5) is 5.69 Å². The molecule has 4 rings (SSSR count). The third-order valence-corrected chi connectivity index (χ3v) is 6.35. The van der Waals surface area contributed by atoms with E-state index in [1.54, 1.807) is 6.20 Å². The van der Waals surface area contributed by atoms with Crippen molar-refractivity contribution in [3.8, 4) is 0 Å². The zero-order valence-corrected chi connectivity index (χ0v) is 19.1. The second-order valence-corrected chi connectivity index (χ2v) is 8.31. The zero-order valence-electron chi connectivity index (χ0n) is 17.5. The van der Waals surface area contributed by atoms with Crippen LogP contribution >= 0.6 is 15.9 Å². The molecule has 2 aromatic heterocycles. The lowest BCUT2D eigenvalue weighted by molar-refractivity contribution is 0.102. The van der Waals surface area contributed by atoms with Crippen LogP contribution in [0.25, 0.3) is 0 Å². The van der Waals surface area contributed by atoms with Gasteiger partial charge >= 0.3 is 0 Å². The molecule has 0 saturated carbocycles. The minimum absolute atomic E-state index is 0.150. The fourth-order valence-corrected chi connectivity index (χ4v) is 3.69. The van der Waals surface area contributed by atoms with E-state index in [1.807, 2.05) is 71.9 Å². The Bertz CT molecular complexity index is 1180. The molecule has 0 aliphatic carbocycles. The van der Waals surface area contributed by atoms with Crippen LogP contribution < -0.4 is 5.32 Å². The molecular weight excluding hydrogens is 454 g/mol. The van der Waals surface area contributed by atoms with Gasteiger partial charge in [-0.15, -0.1) is 0 Å². The van der Waals surface area contributed by atoms with E-state index in [9.17, 15) is 4.79 Å². The minimum atomic E-state index is -0.150. The lowest BCUT2D eigenvalue weighted by Gasteiger charge is -2.07. The summed E-state index contributed by atoms with van der Waals surface area (Å²) in [6, 6.07) is 17.9. The number of hydrogen-bond acceptors (Lipinski definition) is 3. The van der Waals surface area contributed by atoms with E-state index >= 15 is 0 Å². The van der Waals surface area contributed by atoms with Gasteiger partial charge in [-0.1, -0.05) is 42.5 Å². The third kappa shape index (κ3) is 5.11. The number of carbonyl (C=O) groups excluding carboxylic acids is 1. The molecule has 2 aromatic carbocycles. The third-order valence-electron chi connectivity index (χ3n) is 5.21. The van der Waals surface area contributed by atoms with Gasteiger partial charge in [0.05, 0.1) is 34.3 Å². The summed E-state index contributed by atoms with van der Waals surface area (Å²) >= 11 is 3.56. The number of rotatable bonds is 7. The van der Waals surface area contributed by atoms with Gasteiger partial charge in [-0.2, -0.15) is 10.2 Å². The van der Waals surface area contributed by atoms with E-state index in [0.29, 0.717) is 17.8 Å². The zero-order chi connectivity index (χ0) is 21.8. The number of hydrogen-bond donors (Lipinski definition) is 1. The summed E-state index contributed by atoms with van der Waals surface area (Å²) in [7, 11) is 0. The van der Waals surface area contributed by atoms with Crippen LogP contribution in [0.1, 0.15) is 32.9 Å². The molecule has 0 spiro atoms. The van der Waals surface area contributed by atoms with E-state index in [2.05, 4.69) is 43.6 Å². The molecule has 31 heavy (non-hydrogen) atoms. The van der Waals surface area contributed by atoms with Crippen LogP contribution in [0.5, 0.6) is 0 Å². The predicted octanol–water partition coefficient (Wildman–Crippen LogP) is 5.00. The number of anilines is 1. The van der Waals surface area contributed by atoms with Crippen molar-refractivity contribution in [1.82, 2.24) is 19.6 Å². The van der Waals surface area contributed by atoms with E-state index in [4.69, 9.17) is 0 Å². The van der Waals surface area contributed by atoms with Crippen molar-refractivity contribution in [2.24, 2.45) is 0 Å². The highest BCUT2D eigenvalue weighted by Crippen LogP contribution is 2.21. The summed E-state index contributed by atoms with van der Waals surface area (Å²) in [5.74, 6) is -0.150. The van der Waals surface area contributed by atoms with Gasteiger partial charge in [0.25, 0.3) is 5.91 Å². The van der Waals surface area contributed by atoms with Crippen LogP contribution in [0, 0.1) is 13.8 Å². The summed E-state index contributed by atoms with van der Waals surface area (Å²) in [6.07, 6.45) is 4.43. The molecule has 0 bridgehead atoms. The average Bonchev–Trinajstić information content (AvgIpc) is 3.33. The van der Waals surface area contributed by atoms with Gasteiger partial charge < -0.3 is 5.32 Å². The number of aromatic nitrogens is 4. The summed E-state index contributed by atoms with van der Waals surface area (Å²) in [5, 5.41) is 11.8. The lowest BCUT2D eigenvalue weighted by atomic mass is 10.1. The van der Waals surface area contributed by atoms with Crippen LogP contribution in [-0.2, 0) is 19.5 Å². The second-order valence-electron chi connectivity index (χ2n) is 7.52. The van der Waals surface area contributed by atoms with Gasteiger partial charge in [0.1, 0.15) is 0 Å². The molecule has 1 N–H and O–H groups in total.